The van der Waals surface area contributed by atoms with Gasteiger partial charge in [0.1, 0.15) is 0 Å². The smallest absolute Gasteiger partial charge is 0.257 e. The van der Waals surface area contributed by atoms with Gasteiger partial charge in [0.15, 0.2) is 5.82 Å². The number of benzene rings is 2. The van der Waals surface area contributed by atoms with E-state index >= 15 is 0 Å². The van der Waals surface area contributed by atoms with Crippen LogP contribution in [-0.4, -0.2) is 10.9 Å². The van der Waals surface area contributed by atoms with Crippen molar-refractivity contribution in [2.24, 2.45) is 5.92 Å². The molecule has 1 amide bonds. The van der Waals surface area contributed by atoms with E-state index in [-0.39, 0.29) is 11.6 Å². The number of nitrogen functional groups attached to an aromatic ring is 1. The lowest BCUT2D eigenvalue weighted by Crippen LogP contribution is -2.15. The van der Waals surface area contributed by atoms with E-state index in [0.29, 0.717) is 29.2 Å². The van der Waals surface area contributed by atoms with Crippen molar-refractivity contribution >= 4 is 28.1 Å². The molecule has 1 saturated carbocycles. The van der Waals surface area contributed by atoms with Gasteiger partial charge in [-0.3, -0.25) is 9.78 Å². The summed E-state index contributed by atoms with van der Waals surface area (Å²) in [6, 6.07) is 10.7. The molecular formula is C20H18FN3O. The number of rotatable bonds is 4. The van der Waals surface area contributed by atoms with E-state index in [9.17, 15) is 9.18 Å². The van der Waals surface area contributed by atoms with Crippen LogP contribution in [0.25, 0.3) is 10.8 Å². The molecule has 1 fully saturated rings. The van der Waals surface area contributed by atoms with Gasteiger partial charge in [-0.1, -0.05) is 24.3 Å². The molecule has 0 radical (unpaired) electrons. The Hall–Kier alpha value is -2.95. The first-order chi connectivity index (χ1) is 12.1. The average Bonchev–Trinajstić information content (AvgIpc) is 3.45. The van der Waals surface area contributed by atoms with Gasteiger partial charge in [-0.2, -0.15) is 0 Å². The molecule has 0 aliphatic heterocycles. The van der Waals surface area contributed by atoms with Crippen LogP contribution in [0.2, 0.25) is 0 Å². The zero-order valence-electron chi connectivity index (χ0n) is 13.6. The van der Waals surface area contributed by atoms with E-state index in [0.717, 1.165) is 23.6 Å². The second-order valence-electron chi connectivity index (χ2n) is 6.50. The third-order valence-electron chi connectivity index (χ3n) is 4.62. The number of fused-ring (bicyclic) bond motifs is 1. The van der Waals surface area contributed by atoms with Gasteiger partial charge in [-0.15, -0.1) is 0 Å². The average molecular weight is 335 g/mol. The molecule has 25 heavy (non-hydrogen) atoms. The van der Waals surface area contributed by atoms with Crippen molar-refractivity contribution in [2.75, 3.05) is 11.1 Å². The van der Waals surface area contributed by atoms with Gasteiger partial charge >= 0.3 is 0 Å². The molecular weight excluding hydrogens is 317 g/mol. The fourth-order valence-corrected chi connectivity index (χ4v) is 3.05. The van der Waals surface area contributed by atoms with Gasteiger partial charge in [0, 0.05) is 29.0 Å². The lowest BCUT2D eigenvalue weighted by atomic mass is 10.0. The zero-order valence-corrected chi connectivity index (χ0v) is 13.6. The van der Waals surface area contributed by atoms with E-state index in [1.165, 1.54) is 12.3 Å². The van der Waals surface area contributed by atoms with E-state index in [1.807, 2.05) is 24.3 Å². The highest BCUT2D eigenvalue weighted by atomic mass is 19.1. The van der Waals surface area contributed by atoms with Crippen molar-refractivity contribution in [1.82, 2.24) is 4.98 Å². The number of amides is 1. The minimum absolute atomic E-state index is 0.112. The number of pyridine rings is 1. The molecule has 1 aliphatic carbocycles. The van der Waals surface area contributed by atoms with Crippen LogP contribution in [0.1, 0.15) is 28.8 Å². The monoisotopic (exact) mass is 335 g/mol. The summed E-state index contributed by atoms with van der Waals surface area (Å²) in [4.78, 5) is 16.9. The minimum atomic E-state index is -0.430. The number of hydrogen-bond acceptors (Lipinski definition) is 3. The second-order valence-corrected chi connectivity index (χ2v) is 6.50. The lowest BCUT2D eigenvalue weighted by molar-refractivity contribution is 0.102. The van der Waals surface area contributed by atoms with Gasteiger partial charge in [0.2, 0.25) is 0 Å². The first-order valence-corrected chi connectivity index (χ1v) is 8.34. The van der Waals surface area contributed by atoms with E-state index in [4.69, 9.17) is 5.73 Å². The summed E-state index contributed by atoms with van der Waals surface area (Å²) in [5, 5.41) is 4.55. The van der Waals surface area contributed by atoms with Crippen LogP contribution in [0.5, 0.6) is 0 Å². The summed E-state index contributed by atoms with van der Waals surface area (Å²) in [6.07, 6.45) is 6.03. The summed E-state index contributed by atoms with van der Waals surface area (Å²) in [5.41, 5.74) is 7.25. The van der Waals surface area contributed by atoms with Crippen molar-refractivity contribution in [3.05, 3.63) is 65.7 Å². The Labute approximate surface area is 144 Å². The Kier molecular flexibility index (Phi) is 3.84. The highest BCUT2D eigenvalue weighted by Gasteiger charge is 2.26. The van der Waals surface area contributed by atoms with Crippen molar-refractivity contribution in [3.63, 3.8) is 0 Å². The number of carbonyl (C=O) groups excluding carboxylic acids is 1. The molecule has 4 nitrogen and oxygen atoms in total. The fourth-order valence-electron chi connectivity index (χ4n) is 3.05. The summed E-state index contributed by atoms with van der Waals surface area (Å²) in [5.74, 6) is -0.252. The zero-order chi connectivity index (χ0) is 17.4. The molecule has 3 aromatic rings. The number of hydrogen-bond donors (Lipinski definition) is 2. The number of aromatic nitrogens is 1. The second kappa shape index (κ2) is 6.16. The number of carbonyl (C=O) groups is 1. The third kappa shape index (κ3) is 3.05. The Morgan fingerprint density at radius 1 is 1.20 bits per heavy atom. The highest BCUT2D eigenvalue weighted by Crippen LogP contribution is 2.37. The van der Waals surface area contributed by atoms with Crippen molar-refractivity contribution in [2.45, 2.75) is 19.3 Å². The van der Waals surface area contributed by atoms with E-state index < -0.39 is 5.82 Å². The Balaban J connectivity index is 1.69. The van der Waals surface area contributed by atoms with Crippen LogP contribution in [-0.2, 0) is 6.42 Å². The molecule has 2 aromatic carbocycles. The predicted molar refractivity (Wildman–Crippen MR) is 96.9 cm³/mol. The van der Waals surface area contributed by atoms with Crippen LogP contribution in [0.3, 0.4) is 0 Å². The van der Waals surface area contributed by atoms with Crippen LogP contribution < -0.4 is 11.1 Å². The first-order valence-electron chi connectivity index (χ1n) is 8.34. The molecule has 5 heteroatoms. The van der Waals surface area contributed by atoms with Crippen molar-refractivity contribution in [1.29, 1.82) is 0 Å². The standard InChI is InChI=1S/C20H18FN3O/c21-19-15(9-12-5-6-12)18(8-7-17(19)22)24-20(25)16-11-23-10-13-3-1-2-4-14(13)16/h1-4,7-8,10-12H,5-6,9,22H2,(H,24,25). The Morgan fingerprint density at radius 2 is 2.00 bits per heavy atom. The SMILES string of the molecule is Nc1ccc(NC(=O)c2cncc3ccccc23)c(CC2CC2)c1F. The van der Waals surface area contributed by atoms with Gasteiger partial charge in [0.25, 0.3) is 5.91 Å². The van der Waals surface area contributed by atoms with Crippen molar-refractivity contribution in [3.8, 4) is 0 Å². The molecule has 1 heterocycles. The molecule has 126 valence electrons. The van der Waals surface area contributed by atoms with Crippen LogP contribution >= 0.6 is 0 Å². The summed E-state index contributed by atoms with van der Waals surface area (Å²) in [6.45, 7) is 0. The van der Waals surface area contributed by atoms with Gasteiger partial charge in [-0.25, -0.2) is 4.39 Å². The number of nitrogens with two attached hydrogens (primary N) is 1. The first kappa shape index (κ1) is 15.6. The maximum absolute atomic E-state index is 14.5. The Morgan fingerprint density at radius 3 is 2.80 bits per heavy atom. The molecule has 4 rings (SSSR count). The van der Waals surface area contributed by atoms with Crippen molar-refractivity contribution < 1.29 is 9.18 Å². The largest absolute Gasteiger partial charge is 0.396 e. The maximum Gasteiger partial charge on any atom is 0.257 e. The van der Waals surface area contributed by atoms with Gasteiger partial charge in [0.05, 0.1) is 11.3 Å². The molecule has 0 saturated heterocycles. The van der Waals surface area contributed by atoms with Gasteiger partial charge < -0.3 is 11.1 Å². The number of nitrogens with zero attached hydrogens (tertiary/aromatic N) is 1. The number of halogens is 1. The summed E-state index contributed by atoms with van der Waals surface area (Å²) in [7, 11) is 0. The molecule has 0 spiro atoms. The van der Waals surface area contributed by atoms with Crippen LogP contribution in [0, 0.1) is 11.7 Å². The third-order valence-corrected chi connectivity index (χ3v) is 4.62. The fraction of sp³-hybridized carbons (Fsp3) is 0.200. The molecule has 1 aromatic heterocycles. The van der Waals surface area contributed by atoms with E-state index in [2.05, 4.69) is 10.3 Å². The molecule has 1 aliphatic rings. The minimum Gasteiger partial charge on any atom is -0.396 e. The molecule has 0 bridgehead atoms. The maximum atomic E-state index is 14.5. The molecule has 0 atom stereocenters. The van der Waals surface area contributed by atoms with Crippen LogP contribution in [0.15, 0.2) is 48.8 Å². The molecule has 3 N–H and O–H groups in total. The summed E-state index contributed by atoms with van der Waals surface area (Å²) < 4.78 is 14.5. The number of anilines is 2. The Bertz CT molecular complexity index is 961. The lowest BCUT2D eigenvalue weighted by Gasteiger charge is -2.14. The number of nitrogens with one attached hydrogen (secondary N) is 1. The normalized spacial score (nSPS) is 13.8. The predicted octanol–water partition coefficient (Wildman–Crippen LogP) is 4.16. The highest BCUT2D eigenvalue weighted by molar-refractivity contribution is 6.12. The summed E-state index contributed by atoms with van der Waals surface area (Å²) >= 11 is 0. The molecule has 0 unspecified atom stereocenters. The van der Waals surface area contributed by atoms with E-state index in [1.54, 1.807) is 12.3 Å². The van der Waals surface area contributed by atoms with Crippen LogP contribution in [0.4, 0.5) is 15.8 Å². The topological polar surface area (TPSA) is 68.0 Å². The quantitative estimate of drug-likeness (QED) is 0.704. The van der Waals surface area contributed by atoms with Gasteiger partial charge in [-0.05, 0) is 42.7 Å².